The van der Waals surface area contributed by atoms with E-state index in [2.05, 4.69) is 17.3 Å². The molecule has 6 nitrogen and oxygen atoms in total. The number of aromatic nitrogens is 2. The van der Waals surface area contributed by atoms with Gasteiger partial charge in [-0.15, -0.1) is 0 Å². The van der Waals surface area contributed by atoms with E-state index in [0.29, 0.717) is 24.2 Å². The predicted octanol–water partition coefficient (Wildman–Crippen LogP) is 0.926. The largest absolute Gasteiger partial charge is 0.396 e. The predicted molar refractivity (Wildman–Crippen MR) is 81.4 cm³/mol. The Hall–Kier alpha value is -1.69. The van der Waals surface area contributed by atoms with Gasteiger partial charge in [-0.25, -0.2) is 4.68 Å². The van der Waals surface area contributed by atoms with Crippen molar-refractivity contribution < 1.29 is 9.90 Å². The van der Waals surface area contributed by atoms with E-state index < -0.39 is 0 Å². The van der Waals surface area contributed by atoms with Crippen LogP contribution >= 0.6 is 0 Å². The number of aliphatic hydroxyl groups is 1. The second-order valence-corrected chi connectivity index (χ2v) is 5.39. The molecule has 21 heavy (non-hydrogen) atoms. The third kappa shape index (κ3) is 4.39. The number of aryl methyl sites for hydroxylation is 2. The summed E-state index contributed by atoms with van der Waals surface area (Å²) in [5, 5.41) is 15.9. The molecule has 0 radical (unpaired) electrons. The molecule has 0 aliphatic heterocycles. The van der Waals surface area contributed by atoms with Gasteiger partial charge in [0.1, 0.15) is 5.56 Å². The average molecular weight is 295 g/mol. The number of hydrogen-bond donors (Lipinski definition) is 2. The molecule has 0 saturated carbocycles. The molecule has 1 aromatic rings. The van der Waals surface area contributed by atoms with Crippen molar-refractivity contribution in [2.24, 2.45) is 13.0 Å². The quantitative estimate of drug-likeness (QED) is 0.783. The van der Waals surface area contributed by atoms with Gasteiger partial charge in [0.05, 0.1) is 5.69 Å². The fraction of sp³-hybridized carbons (Fsp3) is 0.667. The molecule has 1 aromatic heterocycles. The first-order valence-corrected chi connectivity index (χ1v) is 7.35. The molecule has 2 N–H and O–H groups in total. The fourth-order valence-corrected chi connectivity index (χ4v) is 2.38. The number of carbonyl (C=O) groups is 1. The topological polar surface area (TPSA) is 84.2 Å². The van der Waals surface area contributed by atoms with E-state index in [9.17, 15) is 9.59 Å². The molecule has 1 rings (SSSR count). The number of amides is 1. The minimum absolute atomic E-state index is 0.107. The van der Waals surface area contributed by atoms with E-state index in [4.69, 9.17) is 5.11 Å². The van der Waals surface area contributed by atoms with Crippen molar-refractivity contribution in [3.8, 4) is 0 Å². The lowest BCUT2D eigenvalue weighted by atomic mass is 10.00. The molecule has 118 valence electrons. The fourth-order valence-electron chi connectivity index (χ4n) is 2.38. The van der Waals surface area contributed by atoms with E-state index in [1.54, 1.807) is 13.8 Å². The van der Waals surface area contributed by atoms with Gasteiger partial charge in [-0.3, -0.25) is 9.59 Å². The van der Waals surface area contributed by atoms with Gasteiger partial charge in [0.2, 0.25) is 0 Å². The summed E-state index contributed by atoms with van der Waals surface area (Å²) in [5.74, 6) is -0.131. The minimum Gasteiger partial charge on any atom is -0.396 e. The van der Waals surface area contributed by atoms with Crippen LogP contribution in [0.2, 0.25) is 0 Å². The Morgan fingerprint density at radius 2 is 2.05 bits per heavy atom. The van der Waals surface area contributed by atoms with Gasteiger partial charge < -0.3 is 10.4 Å². The summed E-state index contributed by atoms with van der Waals surface area (Å²) in [5.41, 5.74) is 1.06. The van der Waals surface area contributed by atoms with E-state index in [1.807, 2.05) is 0 Å². The monoisotopic (exact) mass is 295 g/mol. The van der Waals surface area contributed by atoms with Crippen LogP contribution in [-0.2, 0) is 7.05 Å². The van der Waals surface area contributed by atoms with Gasteiger partial charge in [-0.1, -0.05) is 13.3 Å². The molecular formula is C15H25N3O3. The molecule has 0 aliphatic carbocycles. The zero-order valence-corrected chi connectivity index (χ0v) is 13.3. The number of nitrogens with one attached hydrogen (secondary N) is 1. The third-order valence-electron chi connectivity index (χ3n) is 3.74. The lowest BCUT2D eigenvalue weighted by Crippen LogP contribution is -2.37. The van der Waals surface area contributed by atoms with Gasteiger partial charge >= 0.3 is 0 Å². The summed E-state index contributed by atoms with van der Waals surface area (Å²) in [6, 6.07) is 0. The van der Waals surface area contributed by atoms with Crippen LogP contribution < -0.4 is 10.9 Å². The van der Waals surface area contributed by atoms with Crippen molar-refractivity contribution in [2.75, 3.05) is 13.2 Å². The van der Waals surface area contributed by atoms with Crippen LogP contribution in [0.15, 0.2) is 4.79 Å². The van der Waals surface area contributed by atoms with Crippen LogP contribution in [0.4, 0.5) is 0 Å². The normalized spacial score (nSPS) is 12.2. The molecule has 0 fully saturated rings. The Kier molecular flexibility index (Phi) is 6.55. The van der Waals surface area contributed by atoms with E-state index in [1.165, 1.54) is 11.7 Å². The Bertz CT molecular complexity index is 546. The number of carbonyl (C=O) groups excluding carboxylic acids is 1. The molecule has 0 saturated heterocycles. The van der Waals surface area contributed by atoms with Crippen molar-refractivity contribution in [1.29, 1.82) is 0 Å². The summed E-state index contributed by atoms with van der Waals surface area (Å²) < 4.78 is 1.19. The zero-order chi connectivity index (χ0) is 16.0. The van der Waals surface area contributed by atoms with E-state index >= 15 is 0 Å². The molecule has 1 unspecified atom stereocenters. The molecule has 0 bridgehead atoms. The van der Waals surface area contributed by atoms with Gasteiger partial charge in [-0.2, -0.15) is 5.10 Å². The van der Waals surface area contributed by atoms with Crippen molar-refractivity contribution in [3.63, 3.8) is 0 Å². The molecule has 1 amide bonds. The molecular weight excluding hydrogens is 270 g/mol. The standard InChI is InChI=1S/C15H25N3O3/c1-5-6-12(7-8-19)9-16-14(20)13-10(2)11(3)17-18(4)15(13)21/h12,19H,5-9H2,1-4H3,(H,16,20). The van der Waals surface area contributed by atoms with Gasteiger partial charge in [0, 0.05) is 20.2 Å². The smallest absolute Gasteiger partial charge is 0.279 e. The molecule has 6 heteroatoms. The number of nitrogens with zero attached hydrogens (tertiary/aromatic N) is 2. The maximum Gasteiger partial charge on any atom is 0.279 e. The first-order chi connectivity index (χ1) is 9.92. The lowest BCUT2D eigenvalue weighted by molar-refractivity contribution is 0.0939. The first kappa shape index (κ1) is 17.4. The minimum atomic E-state index is -0.384. The summed E-state index contributed by atoms with van der Waals surface area (Å²) in [4.78, 5) is 24.4. The van der Waals surface area contributed by atoms with Crippen molar-refractivity contribution in [1.82, 2.24) is 15.1 Å². The maximum atomic E-state index is 12.3. The highest BCUT2D eigenvalue weighted by atomic mass is 16.3. The van der Waals surface area contributed by atoms with Gasteiger partial charge in [-0.05, 0) is 38.2 Å². The van der Waals surface area contributed by atoms with Crippen LogP contribution in [0.1, 0.15) is 47.8 Å². The summed E-state index contributed by atoms with van der Waals surface area (Å²) in [7, 11) is 1.54. The number of rotatable bonds is 7. The van der Waals surface area contributed by atoms with E-state index in [0.717, 1.165) is 12.8 Å². The average Bonchev–Trinajstić information content (AvgIpc) is 2.43. The van der Waals surface area contributed by atoms with Crippen molar-refractivity contribution in [3.05, 3.63) is 27.2 Å². The molecule has 0 spiro atoms. The third-order valence-corrected chi connectivity index (χ3v) is 3.74. The number of hydrogen-bond acceptors (Lipinski definition) is 4. The van der Waals surface area contributed by atoms with Crippen LogP contribution in [0.3, 0.4) is 0 Å². The van der Waals surface area contributed by atoms with Crippen LogP contribution in [0, 0.1) is 19.8 Å². The molecule has 1 atom stereocenters. The summed E-state index contributed by atoms with van der Waals surface area (Å²) >= 11 is 0. The van der Waals surface area contributed by atoms with Gasteiger partial charge in [0.15, 0.2) is 0 Å². The van der Waals surface area contributed by atoms with Crippen molar-refractivity contribution in [2.45, 2.75) is 40.0 Å². The summed E-state index contributed by atoms with van der Waals surface area (Å²) in [6.45, 7) is 6.15. The van der Waals surface area contributed by atoms with Crippen molar-refractivity contribution >= 4 is 5.91 Å². The molecule has 1 heterocycles. The Morgan fingerprint density at radius 3 is 2.62 bits per heavy atom. The highest BCUT2D eigenvalue weighted by molar-refractivity contribution is 5.95. The molecule has 0 aliphatic rings. The Morgan fingerprint density at radius 1 is 1.38 bits per heavy atom. The Labute approximate surface area is 125 Å². The van der Waals surface area contributed by atoms with Crippen LogP contribution in [0.25, 0.3) is 0 Å². The second-order valence-electron chi connectivity index (χ2n) is 5.39. The lowest BCUT2D eigenvalue weighted by Gasteiger charge is -2.16. The van der Waals surface area contributed by atoms with Gasteiger partial charge in [0.25, 0.3) is 11.5 Å². The van der Waals surface area contributed by atoms with E-state index in [-0.39, 0.29) is 29.6 Å². The summed E-state index contributed by atoms with van der Waals surface area (Å²) in [6.07, 6.45) is 2.59. The zero-order valence-electron chi connectivity index (χ0n) is 13.3. The van der Waals surface area contributed by atoms with Crippen LogP contribution in [-0.4, -0.2) is 33.9 Å². The second kappa shape index (κ2) is 7.93. The highest BCUT2D eigenvalue weighted by Gasteiger charge is 2.18. The first-order valence-electron chi connectivity index (χ1n) is 7.35. The molecule has 0 aromatic carbocycles. The Balaban J connectivity index is 2.88. The maximum absolute atomic E-state index is 12.3. The number of aliphatic hydroxyl groups excluding tert-OH is 1. The van der Waals surface area contributed by atoms with Crippen LogP contribution in [0.5, 0.6) is 0 Å². The highest BCUT2D eigenvalue weighted by Crippen LogP contribution is 2.10. The SMILES string of the molecule is CCCC(CCO)CNC(=O)c1c(C)c(C)nn(C)c1=O.